The summed E-state index contributed by atoms with van der Waals surface area (Å²) in [7, 11) is 0. The first kappa shape index (κ1) is 9.85. The van der Waals surface area contributed by atoms with Crippen molar-refractivity contribution in [3.05, 3.63) is 24.1 Å². The number of rotatable bonds is 1. The van der Waals surface area contributed by atoms with Crippen LogP contribution in [0.25, 0.3) is 0 Å². The molecule has 0 bridgehead atoms. The van der Waals surface area contributed by atoms with Crippen LogP contribution in [-0.2, 0) is 4.79 Å². The minimum atomic E-state index is -2.36. The Bertz CT molecular complexity index is 284. The maximum absolute atomic E-state index is 13.3. The van der Waals surface area contributed by atoms with Crippen LogP contribution in [0.1, 0.15) is 6.92 Å². The summed E-state index contributed by atoms with van der Waals surface area (Å²) in [6.45, 7) is 1.17. The van der Waals surface area contributed by atoms with Gasteiger partial charge in [-0.05, 0) is 12.2 Å². The van der Waals surface area contributed by atoms with E-state index in [4.69, 9.17) is 5.73 Å². The van der Waals surface area contributed by atoms with E-state index in [1.54, 1.807) is 0 Å². The molecule has 2 atom stereocenters. The second-order valence-corrected chi connectivity index (χ2v) is 2.87. The predicted molar refractivity (Wildman–Crippen MR) is 44.0 cm³/mol. The van der Waals surface area contributed by atoms with E-state index in [2.05, 4.69) is 5.32 Å². The van der Waals surface area contributed by atoms with E-state index in [-0.39, 0.29) is 0 Å². The van der Waals surface area contributed by atoms with E-state index in [9.17, 15) is 13.6 Å². The standard InChI is InChI=1S/C8H10F2N2O/c1-5(13)12-7-6(9)3-2-4-8(7,10)11/h2-4,7H,11H2,1H3,(H,12,13). The lowest BCUT2D eigenvalue weighted by Gasteiger charge is -2.28. The van der Waals surface area contributed by atoms with Crippen LogP contribution < -0.4 is 11.1 Å². The van der Waals surface area contributed by atoms with Gasteiger partial charge in [0.1, 0.15) is 11.9 Å². The molecule has 0 heterocycles. The van der Waals surface area contributed by atoms with E-state index in [0.717, 1.165) is 12.2 Å². The SMILES string of the molecule is CC(=O)NC1C(F)=CC=CC1(N)F. The van der Waals surface area contributed by atoms with Gasteiger partial charge in [-0.25, -0.2) is 8.78 Å². The molecular formula is C8H10F2N2O. The Hall–Kier alpha value is -1.23. The van der Waals surface area contributed by atoms with E-state index < -0.39 is 23.6 Å². The first-order valence-electron chi connectivity index (χ1n) is 3.73. The smallest absolute Gasteiger partial charge is 0.217 e. The van der Waals surface area contributed by atoms with Crippen LogP contribution >= 0.6 is 0 Å². The quantitative estimate of drug-likeness (QED) is 0.590. The van der Waals surface area contributed by atoms with Gasteiger partial charge in [0, 0.05) is 6.92 Å². The monoisotopic (exact) mass is 188 g/mol. The Morgan fingerprint density at radius 1 is 1.77 bits per heavy atom. The molecule has 0 saturated heterocycles. The highest BCUT2D eigenvalue weighted by atomic mass is 19.2. The van der Waals surface area contributed by atoms with Crippen molar-refractivity contribution in [3.8, 4) is 0 Å². The summed E-state index contributed by atoms with van der Waals surface area (Å²) in [6.07, 6.45) is 3.23. The van der Waals surface area contributed by atoms with Crippen molar-refractivity contribution in [1.29, 1.82) is 0 Å². The summed E-state index contributed by atoms with van der Waals surface area (Å²) in [5.74, 6) is -3.68. The number of nitrogens with two attached hydrogens (primary N) is 1. The van der Waals surface area contributed by atoms with Crippen LogP contribution in [0.5, 0.6) is 0 Å². The summed E-state index contributed by atoms with van der Waals surface area (Å²) in [6, 6.07) is -1.42. The molecular weight excluding hydrogens is 178 g/mol. The largest absolute Gasteiger partial charge is 0.342 e. The summed E-state index contributed by atoms with van der Waals surface area (Å²) >= 11 is 0. The fraction of sp³-hybridized carbons (Fsp3) is 0.375. The van der Waals surface area contributed by atoms with E-state index in [1.807, 2.05) is 0 Å². The number of hydrogen-bond acceptors (Lipinski definition) is 2. The fourth-order valence-electron chi connectivity index (χ4n) is 1.07. The van der Waals surface area contributed by atoms with Crippen LogP contribution in [-0.4, -0.2) is 17.7 Å². The summed E-state index contributed by atoms with van der Waals surface area (Å²) < 4.78 is 26.3. The molecule has 3 nitrogen and oxygen atoms in total. The molecule has 1 aliphatic rings. The molecule has 0 aliphatic heterocycles. The minimum Gasteiger partial charge on any atom is -0.342 e. The van der Waals surface area contributed by atoms with Gasteiger partial charge in [0.15, 0.2) is 0 Å². The highest BCUT2D eigenvalue weighted by Gasteiger charge is 2.38. The molecule has 2 unspecified atom stereocenters. The van der Waals surface area contributed by atoms with Gasteiger partial charge in [-0.1, -0.05) is 6.08 Å². The second-order valence-electron chi connectivity index (χ2n) is 2.87. The molecule has 1 aliphatic carbocycles. The van der Waals surface area contributed by atoms with Crippen LogP contribution in [0.3, 0.4) is 0 Å². The van der Waals surface area contributed by atoms with Crippen molar-refractivity contribution in [2.24, 2.45) is 5.73 Å². The van der Waals surface area contributed by atoms with Gasteiger partial charge in [-0.2, -0.15) is 0 Å². The van der Waals surface area contributed by atoms with Crippen molar-refractivity contribution in [3.63, 3.8) is 0 Å². The molecule has 72 valence electrons. The Labute approximate surface area is 74.3 Å². The van der Waals surface area contributed by atoms with Crippen molar-refractivity contribution < 1.29 is 13.6 Å². The number of carbonyl (C=O) groups excluding carboxylic acids is 1. The molecule has 1 rings (SSSR count). The molecule has 1 amide bonds. The molecule has 0 aromatic rings. The van der Waals surface area contributed by atoms with Crippen LogP contribution in [0.4, 0.5) is 8.78 Å². The fourth-order valence-corrected chi connectivity index (χ4v) is 1.07. The Morgan fingerprint density at radius 3 is 2.85 bits per heavy atom. The first-order chi connectivity index (χ1) is 5.93. The molecule has 0 radical (unpaired) electrons. The zero-order valence-corrected chi connectivity index (χ0v) is 7.05. The first-order valence-corrected chi connectivity index (χ1v) is 3.73. The predicted octanol–water partition coefficient (Wildman–Crippen LogP) is 0.539. The highest BCUT2D eigenvalue weighted by molar-refractivity contribution is 5.74. The molecule has 13 heavy (non-hydrogen) atoms. The third kappa shape index (κ3) is 2.12. The van der Waals surface area contributed by atoms with Crippen LogP contribution in [0.15, 0.2) is 24.1 Å². The summed E-state index contributed by atoms with van der Waals surface area (Å²) in [5.41, 5.74) is 5.11. The van der Waals surface area contributed by atoms with Crippen molar-refractivity contribution in [1.82, 2.24) is 5.32 Å². The Kier molecular flexibility index (Phi) is 2.47. The third-order valence-corrected chi connectivity index (χ3v) is 1.67. The second kappa shape index (κ2) is 3.26. The topological polar surface area (TPSA) is 55.1 Å². The number of nitrogens with one attached hydrogen (secondary N) is 1. The average molecular weight is 188 g/mol. The lowest BCUT2D eigenvalue weighted by atomic mass is 10.00. The van der Waals surface area contributed by atoms with Gasteiger partial charge in [-0.15, -0.1) is 0 Å². The molecule has 0 aromatic carbocycles. The number of halogens is 2. The lowest BCUT2D eigenvalue weighted by molar-refractivity contribution is -0.120. The van der Waals surface area contributed by atoms with Crippen molar-refractivity contribution >= 4 is 5.91 Å². The number of alkyl halides is 1. The maximum atomic E-state index is 13.3. The van der Waals surface area contributed by atoms with E-state index in [1.165, 1.54) is 13.0 Å². The number of amides is 1. The van der Waals surface area contributed by atoms with Crippen molar-refractivity contribution in [2.75, 3.05) is 0 Å². The Morgan fingerprint density at radius 2 is 2.38 bits per heavy atom. The maximum Gasteiger partial charge on any atom is 0.217 e. The van der Waals surface area contributed by atoms with Crippen molar-refractivity contribution in [2.45, 2.75) is 18.8 Å². The normalized spacial score (nSPS) is 32.6. The molecule has 5 heteroatoms. The average Bonchev–Trinajstić information content (AvgIpc) is 1.96. The number of carbonyl (C=O) groups is 1. The van der Waals surface area contributed by atoms with Crippen LogP contribution in [0.2, 0.25) is 0 Å². The zero-order chi connectivity index (χ0) is 10.1. The van der Waals surface area contributed by atoms with Gasteiger partial charge in [0.2, 0.25) is 11.7 Å². The molecule has 0 saturated carbocycles. The van der Waals surface area contributed by atoms with E-state index >= 15 is 0 Å². The third-order valence-electron chi connectivity index (χ3n) is 1.67. The molecule has 0 fully saturated rings. The Balaban J connectivity index is 2.86. The van der Waals surface area contributed by atoms with Gasteiger partial charge >= 0.3 is 0 Å². The van der Waals surface area contributed by atoms with Gasteiger partial charge < -0.3 is 5.32 Å². The molecule has 0 aromatic heterocycles. The van der Waals surface area contributed by atoms with Crippen LogP contribution in [0, 0.1) is 0 Å². The van der Waals surface area contributed by atoms with Gasteiger partial charge in [-0.3, -0.25) is 10.5 Å². The number of allylic oxidation sites excluding steroid dienone is 2. The summed E-state index contributed by atoms with van der Waals surface area (Å²) in [4.78, 5) is 10.6. The highest BCUT2D eigenvalue weighted by Crippen LogP contribution is 2.23. The van der Waals surface area contributed by atoms with Gasteiger partial charge in [0.05, 0.1) is 0 Å². The molecule has 0 spiro atoms. The number of hydrogen-bond donors (Lipinski definition) is 2. The summed E-state index contributed by atoms with van der Waals surface area (Å²) in [5, 5.41) is 2.09. The zero-order valence-electron chi connectivity index (χ0n) is 7.05. The van der Waals surface area contributed by atoms with E-state index in [0.29, 0.717) is 0 Å². The molecule has 3 N–H and O–H groups in total. The van der Waals surface area contributed by atoms with Gasteiger partial charge in [0.25, 0.3) is 0 Å². The lowest BCUT2D eigenvalue weighted by Crippen LogP contribution is -2.55. The minimum absolute atomic E-state index is 0.531.